The minimum atomic E-state index is 0.260. The molecule has 1 saturated heterocycles. The molecule has 1 aliphatic heterocycles. The van der Waals surface area contributed by atoms with Crippen LogP contribution in [0.15, 0.2) is 11.4 Å². The zero-order valence-electron chi connectivity index (χ0n) is 11.5. The Bertz CT molecular complexity index is 827. The van der Waals surface area contributed by atoms with E-state index in [1.807, 2.05) is 11.4 Å². The molecule has 4 rings (SSSR count). The number of fused-ring (bicyclic) bond motifs is 1. The van der Waals surface area contributed by atoms with Crippen LogP contribution in [-0.4, -0.2) is 41.3 Å². The van der Waals surface area contributed by atoms with E-state index in [0.717, 1.165) is 39.7 Å². The summed E-state index contributed by atoms with van der Waals surface area (Å²) < 4.78 is 6.42. The molecule has 1 aliphatic rings. The smallest absolute Gasteiger partial charge is 0.224 e. The van der Waals surface area contributed by atoms with E-state index in [4.69, 9.17) is 22.1 Å². The second-order valence-electron chi connectivity index (χ2n) is 4.81. The largest absolute Gasteiger partial charge is 0.378 e. The number of nitrogens with two attached hydrogens (primary N) is 1. The van der Waals surface area contributed by atoms with Crippen LogP contribution in [0, 0.1) is 0 Å². The molecule has 9 heteroatoms. The summed E-state index contributed by atoms with van der Waals surface area (Å²) in [7, 11) is 0. The number of ether oxygens (including phenoxy) is 1. The number of thiophene rings is 1. The van der Waals surface area contributed by atoms with Crippen LogP contribution < -0.4 is 10.6 Å². The SMILES string of the molecule is Nc1nc(-c2cc3nc(Cl)nc(N4CCOCC4)c3s2)cs1. The summed E-state index contributed by atoms with van der Waals surface area (Å²) in [5.74, 6) is 0.873. The molecule has 22 heavy (non-hydrogen) atoms. The summed E-state index contributed by atoms with van der Waals surface area (Å²) in [5, 5.41) is 2.77. The Hall–Kier alpha value is -1.48. The van der Waals surface area contributed by atoms with Crippen LogP contribution in [0.5, 0.6) is 0 Å². The van der Waals surface area contributed by atoms with E-state index < -0.39 is 0 Å². The average molecular weight is 354 g/mol. The van der Waals surface area contributed by atoms with Crippen molar-refractivity contribution in [2.24, 2.45) is 0 Å². The molecule has 0 aliphatic carbocycles. The summed E-state index contributed by atoms with van der Waals surface area (Å²) in [4.78, 5) is 16.3. The fourth-order valence-electron chi connectivity index (χ4n) is 2.40. The molecule has 0 atom stereocenters. The Morgan fingerprint density at radius 2 is 2.05 bits per heavy atom. The fourth-order valence-corrected chi connectivity index (χ4v) is 4.29. The first-order valence-corrected chi connectivity index (χ1v) is 8.79. The van der Waals surface area contributed by atoms with Gasteiger partial charge in [0, 0.05) is 18.5 Å². The van der Waals surface area contributed by atoms with Gasteiger partial charge in [0.05, 0.1) is 34.0 Å². The van der Waals surface area contributed by atoms with Crippen molar-refractivity contribution in [3.05, 3.63) is 16.7 Å². The van der Waals surface area contributed by atoms with Crippen LogP contribution in [0.1, 0.15) is 0 Å². The number of hydrogen-bond donors (Lipinski definition) is 1. The third-order valence-electron chi connectivity index (χ3n) is 3.41. The summed E-state index contributed by atoms with van der Waals surface area (Å²) >= 11 is 9.14. The summed E-state index contributed by atoms with van der Waals surface area (Å²) in [6, 6.07) is 1.99. The van der Waals surface area contributed by atoms with Gasteiger partial charge in [-0.05, 0) is 17.7 Å². The van der Waals surface area contributed by atoms with Crippen LogP contribution in [0.3, 0.4) is 0 Å². The summed E-state index contributed by atoms with van der Waals surface area (Å²) in [5.41, 5.74) is 7.43. The zero-order chi connectivity index (χ0) is 15.1. The molecule has 0 radical (unpaired) electrons. The predicted molar refractivity (Wildman–Crippen MR) is 91.0 cm³/mol. The number of rotatable bonds is 2. The number of halogens is 1. The highest BCUT2D eigenvalue weighted by atomic mass is 35.5. The first-order chi connectivity index (χ1) is 10.7. The van der Waals surface area contributed by atoms with E-state index in [-0.39, 0.29) is 5.28 Å². The van der Waals surface area contributed by atoms with Crippen molar-refractivity contribution in [2.75, 3.05) is 36.9 Å². The molecule has 2 N–H and O–H groups in total. The van der Waals surface area contributed by atoms with Gasteiger partial charge in [-0.1, -0.05) is 0 Å². The Morgan fingerprint density at radius 3 is 2.77 bits per heavy atom. The molecule has 0 aromatic carbocycles. The zero-order valence-corrected chi connectivity index (χ0v) is 13.8. The number of aromatic nitrogens is 3. The summed E-state index contributed by atoms with van der Waals surface area (Å²) in [6.07, 6.45) is 0. The van der Waals surface area contributed by atoms with Gasteiger partial charge in [0.2, 0.25) is 5.28 Å². The normalized spacial score (nSPS) is 15.6. The van der Waals surface area contributed by atoms with Gasteiger partial charge in [-0.25, -0.2) is 9.97 Å². The minimum Gasteiger partial charge on any atom is -0.378 e. The van der Waals surface area contributed by atoms with Crippen molar-refractivity contribution in [2.45, 2.75) is 0 Å². The molecule has 6 nitrogen and oxygen atoms in total. The quantitative estimate of drug-likeness (QED) is 0.714. The van der Waals surface area contributed by atoms with Crippen LogP contribution in [-0.2, 0) is 4.74 Å². The van der Waals surface area contributed by atoms with Gasteiger partial charge in [0.15, 0.2) is 10.9 Å². The van der Waals surface area contributed by atoms with Gasteiger partial charge >= 0.3 is 0 Å². The van der Waals surface area contributed by atoms with E-state index in [1.54, 1.807) is 11.3 Å². The number of hydrogen-bond acceptors (Lipinski definition) is 8. The van der Waals surface area contributed by atoms with E-state index in [1.165, 1.54) is 11.3 Å². The monoisotopic (exact) mass is 353 g/mol. The van der Waals surface area contributed by atoms with Crippen molar-refractivity contribution < 1.29 is 4.74 Å². The Morgan fingerprint density at radius 1 is 1.23 bits per heavy atom. The second kappa shape index (κ2) is 5.62. The average Bonchev–Trinajstić information content (AvgIpc) is 3.13. The van der Waals surface area contributed by atoms with E-state index in [2.05, 4.69) is 19.9 Å². The molecule has 0 amide bonds. The van der Waals surface area contributed by atoms with E-state index in [0.29, 0.717) is 18.3 Å². The molecule has 3 aromatic rings. The van der Waals surface area contributed by atoms with Crippen molar-refractivity contribution in [1.29, 1.82) is 0 Å². The third-order valence-corrected chi connectivity index (χ3v) is 5.40. The highest BCUT2D eigenvalue weighted by Crippen LogP contribution is 2.38. The molecule has 0 saturated carbocycles. The minimum absolute atomic E-state index is 0.260. The topological polar surface area (TPSA) is 77.2 Å². The van der Waals surface area contributed by atoms with Gasteiger partial charge in [0.1, 0.15) is 0 Å². The maximum absolute atomic E-state index is 6.09. The van der Waals surface area contributed by atoms with Crippen molar-refractivity contribution >= 4 is 55.4 Å². The van der Waals surface area contributed by atoms with Crippen molar-refractivity contribution in [3.63, 3.8) is 0 Å². The highest BCUT2D eigenvalue weighted by Gasteiger charge is 2.20. The molecule has 114 valence electrons. The maximum Gasteiger partial charge on any atom is 0.224 e. The molecule has 4 heterocycles. The highest BCUT2D eigenvalue weighted by molar-refractivity contribution is 7.23. The van der Waals surface area contributed by atoms with Crippen LogP contribution in [0.2, 0.25) is 5.28 Å². The molecule has 3 aromatic heterocycles. The first-order valence-electron chi connectivity index (χ1n) is 6.72. The van der Waals surface area contributed by atoms with Gasteiger partial charge in [-0.3, -0.25) is 0 Å². The van der Waals surface area contributed by atoms with Crippen molar-refractivity contribution in [3.8, 4) is 10.6 Å². The van der Waals surface area contributed by atoms with Gasteiger partial charge in [-0.15, -0.1) is 22.7 Å². The van der Waals surface area contributed by atoms with Gasteiger partial charge < -0.3 is 15.4 Å². The Labute approximate surface area is 139 Å². The van der Waals surface area contributed by atoms with Crippen LogP contribution in [0.25, 0.3) is 20.8 Å². The predicted octanol–water partition coefficient (Wildman–Crippen LogP) is 2.89. The molecular formula is C13H12ClN5OS2. The standard InChI is InChI=1S/C13H12ClN5OS2/c14-12-16-7-5-9(8-6-21-13(15)17-8)22-10(7)11(18-12)19-1-3-20-4-2-19/h5-6H,1-4H2,(H2,15,17). The lowest BCUT2D eigenvalue weighted by Gasteiger charge is -2.28. The van der Waals surface area contributed by atoms with Crippen LogP contribution in [0.4, 0.5) is 10.9 Å². The molecule has 0 spiro atoms. The lowest BCUT2D eigenvalue weighted by Crippen LogP contribution is -2.36. The third kappa shape index (κ3) is 2.52. The lowest BCUT2D eigenvalue weighted by molar-refractivity contribution is 0.122. The lowest BCUT2D eigenvalue weighted by atomic mass is 10.3. The molecule has 0 unspecified atom stereocenters. The molecule has 0 bridgehead atoms. The molecular weight excluding hydrogens is 342 g/mol. The Kier molecular flexibility index (Phi) is 3.61. The number of nitrogens with zero attached hydrogens (tertiary/aromatic N) is 4. The van der Waals surface area contributed by atoms with Crippen LogP contribution >= 0.6 is 34.3 Å². The van der Waals surface area contributed by atoms with Gasteiger partial charge in [-0.2, -0.15) is 4.98 Å². The fraction of sp³-hybridized carbons (Fsp3) is 0.308. The molecule has 1 fully saturated rings. The summed E-state index contributed by atoms with van der Waals surface area (Å²) in [6.45, 7) is 3.01. The number of morpholine rings is 1. The Balaban J connectivity index is 1.84. The first kappa shape index (κ1) is 14.1. The van der Waals surface area contributed by atoms with Gasteiger partial charge in [0.25, 0.3) is 0 Å². The second-order valence-corrected chi connectivity index (χ2v) is 7.09. The number of thiazole rings is 1. The maximum atomic E-state index is 6.09. The number of anilines is 2. The van der Waals surface area contributed by atoms with Crippen molar-refractivity contribution in [1.82, 2.24) is 15.0 Å². The number of nitrogen functional groups attached to an aromatic ring is 1. The van der Waals surface area contributed by atoms with E-state index >= 15 is 0 Å². The van der Waals surface area contributed by atoms with E-state index in [9.17, 15) is 0 Å².